The molecule has 0 spiro atoms. The highest BCUT2D eigenvalue weighted by Gasteiger charge is 2.35. The number of aromatic nitrogens is 1. The molecule has 4 rings (SSSR count). The Labute approximate surface area is 211 Å². The van der Waals surface area contributed by atoms with Crippen molar-refractivity contribution >= 4 is 17.5 Å². The van der Waals surface area contributed by atoms with Gasteiger partial charge in [0.1, 0.15) is 17.6 Å². The van der Waals surface area contributed by atoms with Gasteiger partial charge in [0, 0.05) is 16.9 Å². The molecular formula is C30H30FN3O2. The highest BCUT2D eigenvalue weighted by molar-refractivity contribution is 6.09. The van der Waals surface area contributed by atoms with Gasteiger partial charge in [0.25, 0.3) is 5.91 Å². The Morgan fingerprint density at radius 1 is 0.889 bits per heavy atom. The Bertz CT molecular complexity index is 1350. The molecule has 4 aromatic rings. The molecule has 1 atom stereocenters. The van der Waals surface area contributed by atoms with E-state index in [9.17, 15) is 14.0 Å². The van der Waals surface area contributed by atoms with Gasteiger partial charge < -0.3 is 10.3 Å². The van der Waals surface area contributed by atoms with Crippen LogP contribution in [0.15, 0.2) is 91.0 Å². The van der Waals surface area contributed by atoms with Gasteiger partial charge in [-0.05, 0) is 80.8 Å². The first kappa shape index (κ1) is 24.9. The number of H-pyrrole nitrogens is 1. The zero-order valence-electron chi connectivity index (χ0n) is 20.9. The van der Waals surface area contributed by atoms with Gasteiger partial charge in [-0.2, -0.15) is 0 Å². The predicted octanol–water partition coefficient (Wildman–Crippen LogP) is 6.43. The number of aryl methyl sites for hydroxylation is 1. The zero-order chi connectivity index (χ0) is 25.9. The van der Waals surface area contributed by atoms with Crippen LogP contribution in [0.3, 0.4) is 0 Å². The van der Waals surface area contributed by atoms with Crippen LogP contribution in [0.4, 0.5) is 10.1 Å². The Hall–Kier alpha value is -4.19. The second kappa shape index (κ2) is 10.2. The van der Waals surface area contributed by atoms with Crippen LogP contribution in [0.1, 0.15) is 48.4 Å². The first-order chi connectivity index (χ1) is 17.1. The van der Waals surface area contributed by atoms with Crippen LogP contribution < -0.4 is 10.2 Å². The Kier molecular flexibility index (Phi) is 7.06. The van der Waals surface area contributed by atoms with Crippen LogP contribution in [0.25, 0.3) is 11.3 Å². The lowest BCUT2D eigenvalue weighted by Gasteiger charge is -2.33. The summed E-state index contributed by atoms with van der Waals surface area (Å²) in [6, 6.07) is 25.4. The third-order valence-electron chi connectivity index (χ3n) is 5.69. The number of hydrogen-bond donors (Lipinski definition) is 2. The first-order valence-corrected chi connectivity index (χ1v) is 11.8. The van der Waals surface area contributed by atoms with Crippen molar-refractivity contribution in [3.8, 4) is 11.3 Å². The van der Waals surface area contributed by atoms with Gasteiger partial charge in [-0.25, -0.2) is 4.39 Å². The van der Waals surface area contributed by atoms with Crippen molar-refractivity contribution in [3.05, 3.63) is 114 Å². The summed E-state index contributed by atoms with van der Waals surface area (Å²) in [5.41, 5.74) is 3.54. The van der Waals surface area contributed by atoms with E-state index in [4.69, 9.17) is 0 Å². The summed E-state index contributed by atoms with van der Waals surface area (Å²) in [6.07, 6.45) is 0. The summed E-state index contributed by atoms with van der Waals surface area (Å²) < 4.78 is 13.8. The van der Waals surface area contributed by atoms with E-state index in [1.54, 1.807) is 24.3 Å². The molecule has 0 aliphatic carbocycles. The average molecular weight is 484 g/mol. The molecule has 184 valence electrons. The summed E-state index contributed by atoms with van der Waals surface area (Å²) in [6.45, 7) is 7.56. The highest BCUT2D eigenvalue weighted by Crippen LogP contribution is 2.31. The molecule has 0 unspecified atom stereocenters. The molecule has 3 aromatic carbocycles. The standard InChI is InChI=1S/C30H30FN3O2/c1-20-9-8-12-24(19-20)34(29(36)26-18-17-25(32-26)21-10-6-5-7-11-21)27(28(35)33-30(2,3)4)22-13-15-23(31)16-14-22/h5-19,27,32H,1-4H3,(H,33,35)/t27-/m1/s1. The number of halogens is 1. The van der Waals surface area contributed by atoms with Gasteiger partial charge >= 0.3 is 0 Å². The molecule has 0 saturated heterocycles. The molecule has 0 aliphatic rings. The SMILES string of the molecule is Cc1cccc(N(C(=O)c2ccc(-c3ccccc3)[nH]2)[C@@H](C(=O)NC(C)(C)C)c2ccc(F)cc2)c1. The van der Waals surface area contributed by atoms with Crippen LogP contribution in [-0.4, -0.2) is 22.3 Å². The van der Waals surface area contributed by atoms with E-state index in [0.29, 0.717) is 16.9 Å². The highest BCUT2D eigenvalue weighted by atomic mass is 19.1. The largest absolute Gasteiger partial charge is 0.351 e. The van der Waals surface area contributed by atoms with Crippen molar-refractivity contribution in [2.45, 2.75) is 39.3 Å². The van der Waals surface area contributed by atoms with Crippen LogP contribution in [0.2, 0.25) is 0 Å². The summed E-state index contributed by atoms with van der Waals surface area (Å²) in [7, 11) is 0. The molecule has 2 N–H and O–H groups in total. The van der Waals surface area contributed by atoms with Gasteiger partial charge in [0.05, 0.1) is 0 Å². The maximum absolute atomic E-state index is 14.1. The van der Waals surface area contributed by atoms with Gasteiger partial charge in [-0.1, -0.05) is 54.6 Å². The smallest absolute Gasteiger partial charge is 0.275 e. The first-order valence-electron chi connectivity index (χ1n) is 11.8. The Morgan fingerprint density at radius 2 is 1.58 bits per heavy atom. The second-order valence-corrected chi connectivity index (χ2v) is 9.86. The van der Waals surface area contributed by atoms with E-state index in [1.807, 2.05) is 82.3 Å². The lowest BCUT2D eigenvalue weighted by Crippen LogP contribution is -2.49. The van der Waals surface area contributed by atoms with Crippen LogP contribution in [0, 0.1) is 12.7 Å². The maximum atomic E-state index is 14.1. The van der Waals surface area contributed by atoms with Crippen LogP contribution in [0.5, 0.6) is 0 Å². The fourth-order valence-electron chi connectivity index (χ4n) is 4.10. The number of rotatable bonds is 6. The molecule has 5 nitrogen and oxygen atoms in total. The number of aromatic amines is 1. The molecule has 1 aromatic heterocycles. The molecule has 0 aliphatic heterocycles. The summed E-state index contributed by atoms with van der Waals surface area (Å²) >= 11 is 0. The van der Waals surface area contributed by atoms with E-state index in [1.165, 1.54) is 17.0 Å². The van der Waals surface area contributed by atoms with Crippen molar-refractivity contribution < 1.29 is 14.0 Å². The summed E-state index contributed by atoms with van der Waals surface area (Å²) in [5.74, 6) is -1.15. The molecular weight excluding hydrogens is 453 g/mol. The average Bonchev–Trinajstić information content (AvgIpc) is 3.33. The lowest BCUT2D eigenvalue weighted by atomic mass is 10.00. The summed E-state index contributed by atoms with van der Waals surface area (Å²) in [5, 5.41) is 3.00. The molecule has 0 fully saturated rings. The van der Waals surface area contributed by atoms with E-state index in [2.05, 4.69) is 10.3 Å². The minimum Gasteiger partial charge on any atom is -0.351 e. The van der Waals surface area contributed by atoms with Crippen LogP contribution >= 0.6 is 0 Å². The molecule has 2 amide bonds. The minimum atomic E-state index is -1.03. The third-order valence-corrected chi connectivity index (χ3v) is 5.69. The van der Waals surface area contributed by atoms with Crippen molar-refractivity contribution in [2.75, 3.05) is 4.90 Å². The monoisotopic (exact) mass is 483 g/mol. The van der Waals surface area contributed by atoms with Crippen LogP contribution in [-0.2, 0) is 4.79 Å². The number of nitrogens with one attached hydrogen (secondary N) is 2. The molecule has 36 heavy (non-hydrogen) atoms. The zero-order valence-corrected chi connectivity index (χ0v) is 20.9. The van der Waals surface area contributed by atoms with Gasteiger partial charge in [-0.3, -0.25) is 14.5 Å². The molecule has 0 bridgehead atoms. The minimum absolute atomic E-state index is 0.339. The van der Waals surface area contributed by atoms with E-state index < -0.39 is 17.4 Å². The van der Waals surface area contributed by atoms with Gasteiger partial charge in [-0.15, -0.1) is 0 Å². The number of hydrogen-bond acceptors (Lipinski definition) is 2. The van der Waals surface area contributed by atoms with E-state index >= 15 is 0 Å². The molecule has 1 heterocycles. The molecule has 0 radical (unpaired) electrons. The Balaban J connectivity index is 1.84. The van der Waals surface area contributed by atoms with Gasteiger partial charge in [0.15, 0.2) is 0 Å². The van der Waals surface area contributed by atoms with Gasteiger partial charge in [0.2, 0.25) is 5.91 Å². The summed E-state index contributed by atoms with van der Waals surface area (Å²) in [4.78, 5) is 32.5. The van der Waals surface area contributed by atoms with Crippen molar-refractivity contribution in [1.82, 2.24) is 10.3 Å². The van der Waals surface area contributed by atoms with Crippen molar-refractivity contribution in [3.63, 3.8) is 0 Å². The number of carbonyl (C=O) groups is 2. The van der Waals surface area contributed by atoms with E-state index in [0.717, 1.165) is 16.8 Å². The second-order valence-electron chi connectivity index (χ2n) is 9.86. The number of nitrogens with zero attached hydrogens (tertiary/aromatic N) is 1. The third kappa shape index (κ3) is 5.71. The fraction of sp³-hybridized carbons (Fsp3) is 0.200. The van der Waals surface area contributed by atoms with Crippen molar-refractivity contribution in [1.29, 1.82) is 0 Å². The topological polar surface area (TPSA) is 65.2 Å². The number of carbonyl (C=O) groups excluding carboxylic acids is 2. The number of anilines is 1. The lowest BCUT2D eigenvalue weighted by molar-refractivity contribution is -0.123. The predicted molar refractivity (Wildman–Crippen MR) is 141 cm³/mol. The van der Waals surface area contributed by atoms with Crippen molar-refractivity contribution in [2.24, 2.45) is 0 Å². The Morgan fingerprint density at radius 3 is 2.22 bits per heavy atom. The maximum Gasteiger partial charge on any atom is 0.275 e. The molecule has 0 saturated carbocycles. The molecule has 6 heteroatoms. The number of amides is 2. The normalized spacial score (nSPS) is 12.1. The number of benzene rings is 3. The quantitative estimate of drug-likeness (QED) is 0.332. The van der Waals surface area contributed by atoms with E-state index in [-0.39, 0.29) is 11.8 Å². The fourth-order valence-corrected chi connectivity index (χ4v) is 4.10.